The number of carbonyl (C=O) groups excluding carboxylic acids is 4. The van der Waals surface area contributed by atoms with Crippen molar-refractivity contribution in [3.05, 3.63) is 59.7 Å². The predicted octanol–water partition coefficient (Wildman–Crippen LogP) is 4.57. The van der Waals surface area contributed by atoms with Gasteiger partial charge in [0.25, 0.3) is 0 Å². The molecule has 2 atom stereocenters. The summed E-state index contributed by atoms with van der Waals surface area (Å²) in [4.78, 5) is 48.9. The normalized spacial score (nSPS) is 12.9. The van der Waals surface area contributed by atoms with Crippen LogP contribution in [0, 0.1) is 0 Å². The lowest BCUT2D eigenvalue weighted by molar-refractivity contribution is -0.143. The largest absolute Gasteiger partial charge is 0.467 e. The maximum Gasteiger partial charge on any atom is 0.408 e. The molecule has 0 saturated carbocycles. The SMILES string of the molecule is COC(=O)[C@H](Cc1ccc(-c2ccc(C[C@H](NC(=O)OC(C)(C)C)C(=O)OC)cc2)cc1)NC(=O)OC(C)(C)C. The van der Waals surface area contributed by atoms with Gasteiger partial charge in [-0.05, 0) is 63.8 Å². The van der Waals surface area contributed by atoms with Crippen molar-refractivity contribution in [3.8, 4) is 11.1 Å². The number of nitrogens with one attached hydrogen (secondary N) is 2. The van der Waals surface area contributed by atoms with Crippen molar-refractivity contribution in [1.29, 1.82) is 0 Å². The summed E-state index contributed by atoms with van der Waals surface area (Å²) in [5, 5.41) is 5.15. The Labute approximate surface area is 235 Å². The Morgan fingerprint density at radius 3 is 1.15 bits per heavy atom. The molecular formula is C30H40N2O8. The molecule has 10 nitrogen and oxygen atoms in total. The number of benzene rings is 2. The summed E-state index contributed by atoms with van der Waals surface area (Å²) in [5.74, 6) is -1.14. The highest BCUT2D eigenvalue weighted by atomic mass is 16.6. The molecule has 0 bridgehead atoms. The van der Waals surface area contributed by atoms with Crippen LogP contribution in [0.4, 0.5) is 9.59 Å². The number of esters is 2. The van der Waals surface area contributed by atoms with Gasteiger partial charge in [0, 0.05) is 12.8 Å². The molecule has 0 aliphatic heterocycles. The Bertz CT molecular complexity index is 1070. The Hall–Kier alpha value is -4.08. The molecule has 0 saturated heterocycles. The van der Waals surface area contributed by atoms with Crippen LogP contribution in [0.1, 0.15) is 52.7 Å². The molecule has 2 N–H and O–H groups in total. The molecule has 0 aliphatic carbocycles. The average molecular weight is 557 g/mol. The molecule has 0 aliphatic rings. The quantitative estimate of drug-likeness (QED) is 0.339. The number of hydrogen-bond donors (Lipinski definition) is 2. The highest BCUT2D eigenvalue weighted by Crippen LogP contribution is 2.22. The molecule has 10 heteroatoms. The number of hydrogen-bond acceptors (Lipinski definition) is 8. The van der Waals surface area contributed by atoms with Crippen LogP contribution < -0.4 is 10.6 Å². The number of ether oxygens (including phenoxy) is 4. The Kier molecular flexibility index (Phi) is 11.1. The minimum absolute atomic E-state index is 0.227. The van der Waals surface area contributed by atoms with E-state index in [1.165, 1.54) is 14.2 Å². The summed E-state index contributed by atoms with van der Waals surface area (Å²) in [5.41, 5.74) is 2.11. The van der Waals surface area contributed by atoms with Crippen molar-refractivity contribution in [3.63, 3.8) is 0 Å². The minimum atomic E-state index is -0.901. The first kappa shape index (κ1) is 32.1. The van der Waals surface area contributed by atoms with E-state index >= 15 is 0 Å². The maximum atomic E-state index is 12.2. The number of amides is 2. The molecule has 0 heterocycles. The zero-order chi connectivity index (χ0) is 30.1. The van der Waals surface area contributed by atoms with E-state index in [1.54, 1.807) is 41.5 Å². The van der Waals surface area contributed by atoms with Crippen molar-refractivity contribution >= 4 is 24.1 Å². The predicted molar refractivity (Wildman–Crippen MR) is 150 cm³/mol. The van der Waals surface area contributed by atoms with E-state index in [0.717, 1.165) is 22.3 Å². The summed E-state index contributed by atoms with van der Waals surface area (Å²) in [7, 11) is 2.53. The third kappa shape index (κ3) is 11.0. The molecule has 40 heavy (non-hydrogen) atoms. The smallest absolute Gasteiger partial charge is 0.408 e. The van der Waals surface area contributed by atoms with Crippen LogP contribution in [0.3, 0.4) is 0 Å². The monoisotopic (exact) mass is 556 g/mol. The van der Waals surface area contributed by atoms with Gasteiger partial charge in [-0.1, -0.05) is 48.5 Å². The molecule has 2 aromatic carbocycles. The summed E-state index contributed by atoms with van der Waals surface area (Å²) in [6.45, 7) is 10.4. The number of rotatable bonds is 9. The lowest BCUT2D eigenvalue weighted by Crippen LogP contribution is -2.45. The third-order valence-electron chi connectivity index (χ3n) is 5.47. The first-order chi connectivity index (χ1) is 18.6. The van der Waals surface area contributed by atoms with Gasteiger partial charge in [0.05, 0.1) is 14.2 Å². The van der Waals surface area contributed by atoms with Crippen molar-refractivity contribution in [2.45, 2.75) is 77.7 Å². The van der Waals surface area contributed by atoms with Crippen LogP contribution in [0.15, 0.2) is 48.5 Å². The maximum absolute atomic E-state index is 12.2. The summed E-state index contributed by atoms with van der Waals surface area (Å²) in [6, 6.07) is 13.3. The highest BCUT2D eigenvalue weighted by Gasteiger charge is 2.26. The van der Waals surface area contributed by atoms with E-state index in [-0.39, 0.29) is 12.8 Å². The molecule has 0 unspecified atom stereocenters. The van der Waals surface area contributed by atoms with Gasteiger partial charge in [-0.3, -0.25) is 0 Å². The second-order valence-corrected chi connectivity index (χ2v) is 11.2. The van der Waals surface area contributed by atoms with Gasteiger partial charge in [0.1, 0.15) is 23.3 Å². The lowest BCUT2D eigenvalue weighted by atomic mass is 9.98. The number of carbonyl (C=O) groups is 4. The fourth-order valence-corrected chi connectivity index (χ4v) is 3.71. The molecular weight excluding hydrogens is 516 g/mol. The van der Waals surface area contributed by atoms with Gasteiger partial charge in [0.15, 0.2) is 0 Å². The molecule has 0 fully saturated rings. The minimum Gasteiger partial charge on any atom is -0.467 e. The Morgan fingerprint density at radius 1 is 0.600 bits per heavy atom. The fourth-order valence-electron chi connectivity index (χ4n) is 3.71. The average Bonchev–Trinajstić information content (AvgIpc) is 2.85. The standard InChI is InChI=1S/C30H40N2O8/c1-29(2,3)39-27(35)31-23(25(33)37-7)17-19-9-13-21(14-10-19)22-15-11-20(12-16-22)18-24(26(34)38-8)32-28(36)40-30(4,5)6/h9-16,23-24H,17-18H2,1-8H3,(H,31,35)(H,32,36)/t23-,24-/m0/s1. The molecule has 2 amide bonds. The molecule has 2 aromatic rings. The van der Waals surface area contributed by atoms with Crippen LogP contribution in [0.5, 0.6) is 0 Å². The van der Waals surface area contributed by atoms with E-state index < -0.39 is 47.4 Å². The molecule has 218 valence electrons. The molecule has 0 aromatic heterocycles. The number of methoxy groups -OCH3 is 2. The highest BCUT2D eigenvalue weighted by molar-refractivity contribution is 5.82. The second kappa shape index (κ2) is 13.8. The van der Waals surface area contributed by atoms with Gasteiger partial charge in [-0.2, -0.15) is 0 Å². The van der Waals surface area contributed by atoms with Crippen molar-refractivity contribution in [1.82, 2.24) is 10.6 Å². The van der Waals surface area contributed by atoms with Gasteiger partial charge >= 0.3 is 24.1 Å². The first-order valence-electron chi connectivity index (χ1n) is 12.9. The van der Waals surface area contributed by atoms with Gasteiger partial charge < -0.3 is 29.6 Å². The zero-order valence-corrected chi connectivity index (χ0v) is 24.5. The summed E-state index contributed by atoms with van der Waals surface area (Å²) in [6.07, 6.45) is -0.944. The van der Waals surface area contributed by atoms with Crippen LogP contribution in [0.25, 0.3) is 11.1 Å². The van der Waals surface area contributed by atoms with Crippen molar-refractivity contribution in [2.75, 3.05) is 14.2 Å². The molecule has 2 rings (SSSR count). The Morgan fingerprint density at radius 2 is 0.900 bits per heavy atom. The topological polar surface area (TPSA) is 129 Å². The van der Waals surface area contributed by atoms with Crippen LogP contribution in [-0.4, -0.2) is 61.6 Å². The third-order valence-corrected chi connectivity index (χ3v) is 5.47. The zero-order valence-electron chi connectivity index (χ0n) is 24.5. The lowest BCUT2D eigenvalue weighted by Gasteiger charge is -2.22. The second-order valence-electron chi connectivity index (χ2n) is 11.2. The molecule has 0 radical (unpaired) electrons. The van der Waals surface area contributed by atoms with Crippen molar-refractivity contribution < 1.29 is 38.1 Å². The van der Waals surface area contributed by atoms with E-state index in [9.17, 15) is 19.2 Å². The van der Waals surface area contributed by atoms with E-state index in [2.05, 4.69) is 10.6 Å². The van der Waals surface area contributed by atoms with E-state index in [4.69, 9.17) is 18.9 Å². The number of alkyl carbamates (subject to hydrolysis) is 2. The van der Waals surface area contributed by atoms with Crippen LogP contribution in [-0.2, 0) is 41.4 Å². The Balaban J connectivity index is 2.09. The molecule has 0 spiro atoms. The van der Waals surface area contributed by atoms with Crippen LogP contribution >= 0.6 is 0 Å². The van der Waals surface area contributed by atoms with Crippen LogP contribution in [0.2, 0.25) is 0 Å². The van der Waals surface area contributed by atoms with E-state index in [1.807, 2.05) is 48.5 Å². The van der Waals surface area contributed by atoms with Gasteiger partial charge in [-0.15, -0.1) is 0 Å². The van der Waals surface area contributed by atoms with E-state index in [0.29, 0.717) is 0 Å². The van der Waals surface area contributed by atoms with Crippen molar-refractivity contribution in [2.24, 2.45) is 0 Å². The first-order valence-corrected chi connectivity index (χ1v) is 12.9. The van der Waals surface area contributed by atoms with Gasteiger partial charge in [0.2, 0.25) is 0 Å². The summed E-state index contributed by atoms with van der Waals surface area (Å²) >= 11 is 0. The fraction of sp³-hybridized carbons (Fsp3) is 0.467. The summed E-state index contributed by atoms with van der Waals surface area (Å²) < 4.78 is 20.2. The van der Waals surface area contributed by atoms with Gasteiger partial charge in [-0.25, -0.2) is 19.2 Å².